The van der Waals surface area contributed by atoms with Crippen molar-refractivity contribution in [2.24, 2.45) is 0 Å². The Morgan fingerprint density at radius 1 is 1.24 bits per heavy atom. The number of hydrogen-bond acceptors (Lipinski definition) is 6. The molecule has 2 aromatic carbocycles. The third-order valence-corrected chi connectivity index (χ3v) is 4.67. The van der Waals surface area contributed by atoms with Gasteiger partial charge in [-0.25, -0.2) is 0 Å². The van der Waals surface area contributed by atoms with Gasteiger partial charge in [0.25, 0.3) is 0 Å². The largest absolute Gasteiger partial charge is 0.496 e. The van der Waals surface area contributed by atoms with Crippen LogP contribution in [0.1, 0.15) is 15.9 Å². The predicted octanol–water partition coefficient (Wildman–Crippen LogP) is 3.61. The number of benzene rings is 2. The normalized spacial score (nSPS) is 10.7. The number of carbonyl (C=O) groups excluding carboxylic acids is 1. The highest BCUT2D eigenvalue weighted by molar-refractivity contribution is 7.99. The van der Waals surface area contributed by atoms with Crippen LogP contribution in [0.5, 0.6) is 5.75 Å². The molecule has 1 heterocycles. The first-order chi connectivity index (χ1) is 12.1. The fourth-order valence-electron chi connectivity index (χ4n) is 2.22. The van der Waals surface area contributed by atoms with Crippen LogP contribution in [-0.2, 0) is 0 Å². The summed E-state index contributed by atoms with van der Waals surface area (Å²) in [6.45, 7) is 2.01. The van der Waals surface area contributed by atoms with Crippen molar-refractivity contribution in [2.45, 2.75) is 12.1 Å². The van der Waals surface area contributed by atoms with E-state index in [9.17, 15) is 4.79 Å². The molecule has 25 heavy (non-hydrogen) atoms. The van der Waals surface area contributed by atoms with Gasteiger partial charge in [0, 0.05) is 5.02 Å². The second-order valence-corrected chi connectivity index (χ2v) is 6.64. The van der Waals surface area contributed by atoms with E-state index < -0.39 is 0 Å². The van der Waals surface area contributed by atoms with Crippen molar-refractivity contribution in [3.63, 3.8) is 0 Å². The molecule has 128 valence electrons. The number of thioether (sulfide) groups is 1. The van der Waals surface area contributed by atoms with Crippen LogP contribution < -0.4 is 4.74 Å². The van der Waals surface area contributed by atoms with E-state index in [1.54, 1.807) is 22.9 Å². The summed E-state index contributed by atoms with van der Waals surface area (Å²) < 4.78 is 6.83. The maximum absolute atomic E-state index is 12.5. The van der Waals surface area contributed by atoms with Gasteiger partial charge in [0.2, 0.25) is 5.16 Å². The molecule has 0 aliphatic heterocycles. The van der Waals surface area contributed by atoms with Crippen molar-refractivity contribution in [3.8, 4) is 11.4 Å². The molecule has 0 bridgehead atoms. The second kappa shape index (κ2) is 7.67. The smallest absolute Gasteiger partial charge is 0.214 e. The molecule has 0 saturated heterocycles. The van der Waals surface area contributed by atoms with E-state index in [0.717, 1.165) is 11.3 Å². The summed E-state index contributed by atoms with van der Waals surface area (Å²) >= 11 is 7.24. The Morgan fingerprint density at radius 3 is 2.72 bits per heavy atom. The Labute approximate surface area is 154 Å². The number of halogens is 1. The number of tetrazole rings is 1. The Hall–Kier alpha value is -2.38. The van der Waals surface area contributed by atoms with Crippen LogP contribution in [0.3, 0.4) is 0 Å². The molecule has 0 fully saturated rings. The predicted molar refractivity (Wildman–Crippen MR) is 96.9 cm³/mol. The van der Waals surface area contributed by atoms with Gasteiger partial charge in [-0.2, -0.15) is 4.68 Å². The molecule has 0 spiro atoms. The topological polar surface area (TPSA) is 69.9 Å². The van der Waals surface area contributed by atoms with E-state index in [0.29, 0.717) is 21.5 Å². The molecule has 8 heteroatoms. The molecule has 0 N–H and O–H groups in total. The minimum Gasteiger partial charge on any atom is -0.496 e. The summed E-state index contributed by atoms with van der Waals surface area (Å²) in [6.07, 6.45) is 0. The van der Waals surface area contributed by atoms with Crippen molar-refractivity contribution >= 4 is 29.1 Å². The van der Waals surface area contributed by atoms with Crippen molar-refractivity contribution in [1.82, 2.24) is 20.2 Å². The molecule has 0 saturated carbocycles. The van der Waals surface area contributed by atoms with Gasteiger partial charge < -0.3 is 4.74 Å². The zero-order valence-electron chi connectivity index (χ0n) is 13.6. The Bertz CT molecular complexity index is 896. The van der Waals surface area contributed by atoms with Gasteiger partial charge in [-0.3, -0.25) is 4.79 Å². The van der Waals surface area contributed by atoms with Gasteiger partial charge in [-0.05, 0) is 47.7 Å². The van der Waals surface area contributed by atoms with E-state index in [4.69, 9.17) is 16.3 Å². The standard InChI is InChI=1S/C17H15ClN4O2S/c1-11-3-6-13(7-4-11)22-17(19-20-21-22)25-10-15(23)14-9-12(18)5-8-16(14)24-2/h3-9H,10H2,1-2H3. The van der Waals surface area contributed by atoms with Crippen LogP contribution in [0.4, 0.5) is 0 Å². The van der Waals surface area contributed by atoms with Crippen LogP contribution in [-0.4, -0.2) is 38.9 Å². The molecule has 6 nitrogen and oxygen atoms in total. The minimum absolute atomic E-state index is 0.109. The fourth-order valence-corrected chi connectivity index (χ4v) is 3.17. The molecular formula is C17H15ClN4O2S. The highest BCUT2D eigenvalue weighted by Gasteiger charge is 2.16. The number of Topliss-reactive ketones (excluding diaryl/α,β-unsaturated/α-hetero) is 1. The Kier molecular flexibility index (Phi) is 5.35. The number of aromatic nitrogens is 4. The zero-order chi connectivity index (χ0) is 17.8. The number of carbonyl (C=O) groups is 1. The van der Waals surface area contributed by atoms with Gasteiger partial charge in [0.05, 0.1) is 24.1 Å². The maximum atomic E-state index is 12.5. The first-order valence-corrected chi connectivity index (χ1v) is 8.80. The first-order valence-electron chi connectivity index (χ1n) is 7.43. The van der Waals surface area contributed by atoms with Crippen molar-refractivity contribution in [1.29, 1.82) is 0 Å². The number of ether oxygens (including phenoxy) is 1. The van der Waals surface area contributed by atoms with Gasteiger partial charge in [-0.1, -0.05) is 41.1 Å². The minimum atomic E-state index is -0.109. The summed E-state index contributed by atoms with van der Waals surface area (Å²) in [4.78, 5) is 12.5. The molecule has 0 atom stereocenters. The van der Waals surface area contributed by atoms with Crippen molar-refractivity contribution in [2.75, 3.05) is 12.9 Å². The molecule has 0 radical (unpaired) electrons. The molecule has 0 aliphatic carbocycles. The van der Waals surface area contributed by atoms with Crippen LogP contribution >= 0.6 is 23.4 Å². The van der Waals surface area contributed by atoms with Gasteiger partial charge >= 0.3 is 0 Å². The quantitative estimate of drug-likeness (QED) is 0.485. The zero-order valence-corrected chi connectivity index (χ0v) is 15.2. The summed E-state index contributed by atoms with van der Waals surface area (Å²) in [6, 6.07) is 12.8. The van der Waals surface area contributed by atoms with Crippen LogP contribution in [0.15, 0.2) is 47.6 Å². The van der Waals surface area contributed by atoms with E-state index >= 15 is 0 Å². The monoisotopic (exact) mass is 374 g/mol. The lowest BCUT2D eigenvalue weighted by atomic mass is 10.1. The molecule has 3 aromatic rings. The van der Waals surface area contributed by atoms with E-state index in [1.807, 2.05) is 31.2 Å². The number of ketones is 1. The Morgan fingerprint density at radius 2 is 2.00 bits per heavy atom. The average molecular weight is 375 g/mol. The number of nitrogens with zero attached hydrogens (tertiary/aromatic N) is 4. The lowest BCUT2D eigenvalue weighted by Crippen LogP contribution is -2.07. The van der Waals surface area contributed by atoms with Crippen LogP contribution in [0.25, 0.3) is 5.69 Å². The highest BCUT2D eigenvalue weighted by Crippen LogP contribution is 2.26. The molecule has 0 amide bonds. The van der Waals surface area contributed by atoms with Crippen molar-refractivity contribution < 1.29 is 9.53 Å². The highest BCUT2D eigenvalue weighted by atomic mass is 35.5. The maximum Gasteiger partial charge on any atom is 0.214 e. The lowest BCUT2D eigenvalue weighted by molar-refractivity contribution is 0.101. The number of aryl methyl sites for hydroxylation is 1. The fraction of sp³-hybridized carbons (Fsp3) is 0.176. The first kappa shape index (κ1) is 17.4. The van der Waals surface area contributed by atoms with Gasteiger partial charge in [0.15, 0.2) is 5.78 Å². The molecule has 1 aromatic heterocycles. The van der Waals surface area contributed by atoms with Crippen LogP contribution in [0.2, 0.25) is 5.02 Å². The summed E-state index contributed by atoms with van der Waals surface area (Å²) in [7, 11) is 1.52. The van der Waals surface area contributed by atoms with E-state index in [-0.39, 0.29) is 11.5 Å². The average Bonchev–Trinajstić information content (AvgIpc) is 3.09. The summed E-state index contributed by atoms with van der Waals surface area (Å²) in [5, 5.41) is 12.7. The van der Waals surface area contributed by atoms with Crippen molar-refractivity contribution in [3.05, 3.63) is 58.6 Å². The molecule has 3 rings (SSSR count). The van der Waals surface area contributed by atoms with E-state index in [1.165, 1.54) is 18.9 Å². The summed E-state index contributed by atoms with van der Waals surface area (Å²) in [5.41, 5.74) is 2.43. The van der Waals surface area contributed by atoms with Gasteiger partial charge in [-0.15, -0.1) is 5.10 Å². The molecular weight excluding hydrogens is 360 g/mol. The number of methoxy groups -OCH3 is 1. The Balaban J connectivity index is 1.77. The lowest BCUT2D eigenvalue weighted by Gasteiger charge is -2.08. The number of rotatable bonds is 6. The number of hydrogen-bond donors (Lipinski definition) is 0. The third kappa shape index (κ3) is 4.00. The second-order valence-electron chi connectivity index (χ2n) is 5.27. The van der Waals surface area contributed by atoms with Crippen LogP contribution in [0, 0.1) is 6.92 Å². The third-order valence-electron chi connectivity index (χ3n) is 3.51. The molecule has 0 aliphatic rings. The summed E-state index contributed by atoms with van der Waals surface area (Å²) in [5.74, 6) is 0.555. The van der Waals surface area contributed by atoms with E-state index in [2.05, 4.69) is 15.5 Å². The SMILES string of the molecule is COc1ccc(Cl)cc1C(=O)CSc1nnnn1-c1ccc(C)cc1. The van der Waals surface area contributed by atoms with Gasteiger partial charge in [0.1, 0.15) is 5.75 Å². The molecule has 0 unspecified atom stereocenters.